The molecular weight excluding hydrogens is 424 g/mol. The molecule has 4 aromatic rings. The number of aromatic amines is 1. The van der Waals surface area contributed by atoms with Crippen LogP contribution in [0.3, 0.4) is 0 Å². The van der Waals surface area contributed by atoms with E-state index in [1.54, 1.807) is 6.26 Å². The molecule has 4 aromatic heterocycles. The Morgan fingerprint density at radius 1 is 1.37 bits per heavy atom. The van der Waals surface area contributed by atoms with E-state index in [1.807, 2.05) is 30.5 Å². The predicted octanol–water partition coefficient (Wildman–Crippen LogP) is 2.54. The summed E-state index contributed by atoms with van der Waals surface area (Å²) in [7, 11) is 0. The van der Waals surface area contributed by atoms with Crippen LogP contribution in [0.15, 0.2) is 32.8 Å². The molecule has 0 atom stereocenters. The molecule has 156 valence electrons. The van der Waals surface area contributed by atoms with Crippen LogP contribution in [0.2, 0.25) is 0 Å². The second-order valence-corrected chi connectivity index (χ2v) is 8.94. The van der Waals surface area contributed by atoms with Crippen LogP contribution in [-0.2, 0) is 23.5 Å². The Bertz CT molecular complexity index is 1260. The zero-order valence-electron chi connectivity index (χ0n) is 16.5. The minimum Gasteiger partial charge on any atom is -0.467 e. The van der Waals surface area contributed by atoms with Gasteiger partial charge in [0, 0.05) is 17.7 Å². The van der Waals surface area contributed by atoms with Gasteiger partial charge in [-0.2, -0.15) is 0 Å². The fraction of sp³-hybridized carbons (Fsp3) is 0.316. The van der Waals surface area contributed by atoms with E-state index in [2.05, 4.69) is 20.2 Å². The van der Waals surface area contributed by atoms with Gasteiger partial charge in [0.2, 0.25) is 5.91 Å². The van der Waals surface area contributed by atoms with Gasteiger partial charge in [0.25, 0.3) is 5.56 Å². The number of aryl methyl sites for hydroxylation is 3. The van der Waals surface area contributed by atoms with Gasteiger partial charge in [-0.1, -0.05) is 11.8 Å². The van der Waals surface area contributed by atoms with Crippen LogP contribution >= 0.6 is 23.1 Å². The zero-order valence-corrected chi connectivity index (χ0v) is 18.1. The number of amides is 1. The number of primary amides is 1. The number of nitrogens with zero attached hydrogens (tertiary/aromatic N) is 4. The van der Waals surface area contributed by atoms with Crippen molar-refractivity contribution in [1.82, 2.24) is 24.7 Å². The predicted molar refractivity (Wildman–Crippen MR) is 115 cm³/mol. The highest BCUT2D eigenvalue weighted by atomic mass is 32.2. The third-order valence-corrected chi connectivity index (χ3v) is 6.79. The van der Waals surface area contributed by atoms with Gasteiger partial charge in [0.1, 0.15) is 22.2 Å². The van der Waals surface area contributed by atoms with Gasteiger partial charge in [-0.25, -0.2) is 4.98 Å². The topological polar surface area (TPSA) is 133 Å². The zero-order chi connectivity index (χ0) is 21.3. The molecule has 0 aromatic carbocycles. The molecule has 0 aliphatic carbocycles. The van der Waals surface area contributed by atoms with Gasteiger partial charge < -0.3 is 15.1 Å². The molecule has 0 unspecified atom stereocenters. The van der Waals surface area contributed by atoms with Crippen LogP contribution < -0.4 is 11.3 Å². The van der Waals surface area contributed by atoms with Crippen molar-refractivity contribution in [1.29, 1.82) is 0 Å². The molecule has 3 N–H and O–H groups in total. The molecule has 0 aliphatic heterocycles. The van der Waals surface area contributed by atoms with Crippen LogP contribution in [0.5, 0.6) is 0 Å². The van der Waals surface area contributed by atoms with Crippen molar-refractivity contribution in [3.05, 3.63) is 56.6 Å². The smallest absolute Gasteiger partial charge is 0.259 e. The van der Waals surface area contributed by atoms with E-state index in [9.17, 15) is 9.59 Å². The SMILES string of the molecule is Cc1sc2nc(CSc3nnc(CCC(N)=O)n3Cc3ccco3)[nH]c(=O)c2c1C. The van der Waals surface area contributed by atoms with Crippen molar-refractivity contribution in [2.24, 2.45) is 5.73 Å². The Kier molecular flexibility index (Phi) is 5.73. The van der Waals surface area contributed by atoms with E-state index >= 15 is 0 Å². The summed E-state index contributed by atoms with van der Waals surface area (Å²) >= 11 is 2.93. The third-order valence-electron chi connectivity index (χ3n) is 4.71. The summed E-state index contributed by atoms with van der Waals surface area (Å²) < 4.78 is 7.34. The molecule has 0 aliphatic rings. The summed E-state index contributed by atoms with van der Waals surface area (Å²) in [6, 6.07) is 3.67. The number of thiophene rings is 1. The van der Waals surface area contributed by atoms with Crippen LogP contribution in [0.4, 0.5) is 0 Å². The van der Waals surface area contributed by atoms with Crippen molar-refractivity contribution < 1.29 is 9.21 Å². The highest BCUT2D eigenvalue weighted by Gasteiger charge is 2.17. The maximum Gasteiger partial charge on any atom is 0.259 e. The Balaban J connectivity index is 1.59. The summed E-state index contributed by atoms with van der Waals surface area (Å²) in [6.07, 6.45) is 2.17. The fourth-order valence-corrected chi connectivity index (χ4v) is 4.94. The molecule has 0 radical (unpaired) electrons. The van der Waals surface area contributed by atoms with Crippen molar-refractivity contribution in [2.75, 3.05) is 0 Å². The molecule has 0 bridgehead atoms. The van der Waals surface area contributed by atoms with Gasteiger partial charge in [0.05, 0.1) is 23.9 Å². The molecule has 0 saturated carbocycles. The molecule has 9 nitrogen and oxygen atoms in total. The average molecular weight is 445 g/mol. The lowest BCUT2D eigenvalue weighted by Crippen LogP contribution is -2.14. The van der Waals surface area contributed by atoms with E-state index in [-0.39, 0.29) is 12.0 Å². The van der Waals surface area contributed by atoms with Crippen LogP contribution in [-0.4, -0.2) is 30.6 Å². The van der Waals surface area contributed by atoms with Crippen LogP contribution in [0.1, 0.15) is 34.3 Å². The number of carbonyl (C=O) groups excluding carboxylic acids is 1. The summed E-state index contributed by atoms with van der Waals surface area (Å²) in [6.45, 7) is 4.35. The molecule has 0 saturated heterocycles. The quantitative estimate of drug-likeness (QED) is 0.399. The van der Waals surface area contributed by atoms with E-state index in [1.165, 1.54) is 23.1 Å². The number of nitrogens with one attached hydrogen (secondary N) is 1. The highest BCUT2D eigenvalue weighted by molar-refractivity contribution is 7.98. The Hall–Kier alpha value is -2.92. The van der Waals surface area contributed by atoms with E-state index in [0.29, 0.717) is 40.9 Å². The summed E-state index contributed by atoms with van der Waals surface area (Å²) in [4.78, 5) is 33.0. The van der Waals surface area contributed by atoms with Gasteiger partial charge in [-0.15, -0.1) is 21.5 Å². The average Bonchev–Trinajstić information content (AvgIpc) is 3.40. The fourth-order valence-electron chi connectivity index (χ4n) is 3.06. The summed E-state index contributed by atoms with van der Waals surface area (Å²) in [5, 5.41) is 9.77. The molecule has 11 heteroatoms. The lowest BCUT2D eigenvalue weighted by Gasteiger charge is -2.08. The second kappa shape index (κ2) is 8.44. The first-order valence-corrected chi connectivity index (χ1v) is 11.1. The maximum absolute atomic E-state index is 12.5. The molecule has 30 heavy (non-hydrogen) atoms. The standard InChI is InChI=1S/C19H20N6O3S2/c1-10-11(2)30-18-16(10)17(27)21-14(22-18)9-29-19-24-23-15(6-5-13(20)26)25(19)8-12-4-3-7-28-12/h3-4,7H,5-6,8-9H2,1-2H3,(H2,20,26)(H,21,22,27). The lowest BCUT2D eigenvalue weighted by molar-refractivity contribution is -0.118. The normalized spacial score (nSPS) is 11.4. The molecule has 1 amide bonds. The van der Waals surface area contributed by atoms with E-state index in [4.69, 9.17) is 10.2 Å². The minimum absolute atomic E-state index is 0.128. The van der Waals surface area contributed by atoms with E-state index in [0.717, 1.165) is 21.0 Å². The lowest BCUT2D eigenvalue weighted by atomic mass is 10.2. The number of hydrogen-bond acceptors (Lipinski definition) is 8. The molecule has 4 heterocycles. The Morgan fingerprint density at radius 3 is 2.93 bits per heavy atom. The van der Waals surface area contributed by atoms with Crippen molar-refractivity contribution in [2.45, 2.75) is 44.1 Å². The molecule has 0 fully saturated rings. The molecule has 0 spiro atoms. The van der Waals surface area contributed by atoms with Gasteiger partial charge >= 0.3 is 0 Å². The largest absolute Gasteiger partial charge is 0.467 e. The number of thioether (sulfide) groups is 1. The Morgan fingerprint density at radius 2 is 2.20 bits per heavy atom. The number of furan rings is 1. The van der Waals surface area contributed by atoms with Crippen LogP contribution in [0.25, 0.3) is 10.2 Å². The Labute approximate surface area is 179 Å². The first-order chi connectivity index (χ1) is 14.4. The minimum atomic E-state index is -0.395. The number of nitrogens with two attached hydrogens (primary N) is 1. The second-order valence-electron chi connectivity index (χ2n) is 6.80. The maximum atomic E-state index is 12.5. The van der Waals surface area contributed by atoms with Gasteiger partial charge in [0.15, 0.2) is 5.16 Å². The van der Waals surface area contributed by atoms with Gasteiger partial charge in [-0.3, -0.25) is 14.2 Å². The number of fused-ring (bicyclic) bond motifs is 1. The third kappa shape index (κ3) is 4.17. The number of H-pyrrole nitrogens is 1. The summed E-state index contributed by atoms with van der Waals surface area (Å²) in [5.74, 6) is 2.00. The number of carbonyl (C=O) groups is 1. The number of hydrogen-bond donors (Lipinski definition) is 2. The first kappa shape index (κ1) is 20.4. The van der Waals surface area contributed by atoms with Crippen molar-refractivity contribution >= 4 is 39.2 Å². The number of rotatable bonds is 8. The number of aromatic nitrogens is 5. The van der Waals surface area contributed by atoms with Crippen molar-refractivity contribution in [3.8, 4) is 0 Å². The molecular formula is C19H20N6O3S2. The van der Waals surface area contributed by atoms with E-state index < -0.39 is 5.91 Å². The summed E-state index contributed by atoms with van der Waals surface area (Å²) in [5.41, 5.74) is 6.12. The molecule has 4 rings (SSSR count). The van der Waals surface area contributed by atoms with Crippen molar-refractivity contribution in [3.63, 3.8) is 0 Å². The monoisotopic (exact) mass is 444 g/mol. The first-order valence-electron chi connectivity index (χ1n) is 9.27. The highest BCUT2D eigenvalue weighted by Crippen LogP contribution is 2.27. The van der Waals surface area contributed by atoms with Crippen LogP contribution in [0, 0.1) is 13.8 Å². The van der Waals surface area contributed by atoms with Gasteiger partial charge in [-0.05, 0) is 31.5 Å².